The molecule has 1 unspecified atom stereocenters. The quantitative estimate of drug-likeness (QED) is 0.887. The first-order chi connectivity index (χ1) is 9.00. The smallest absolute Gasteiger partial charge is 0.228 e. The Morgan fingerprint density at radius 1 is 1.32 bits per heavy atom. The lowest BCUT2D eigenvalue weighted by Gasteiger charge is -2.30. The van der Waals surface area contributed by atoms with Gasteiger partial charge in [0.25, 0.3) is 0 Å². The van der Waals surface area contributed by atoms with Gasteiger partial charge in [0.1, 0.15) is 0 Å². The molecule has 2 rings (SSSR count). The van der Waals surface area contributed by atoms with Crippen LogP contribution in [0.5, 0.6) is 0 Å². The van der Waals surface area contributed by atoms with Crippen molar-refractivity contribution in [2.45, 2.75) is 71.8 Å². The summed E-state index contributed by atoms with van der Waals surface area (Å²) in [6.07, 6.45) is 5.86. The molecule has 19 heavy (non-hydrogen) atoms. The van der Waals surface area contributed by atoms with Gasteiger partial charge in [-0.1, -0.05) is 45.7 Å². The van der Waals surface area contributed by atoms with Gasteiger partial charge in [-0.3, -0.25) is 0 Å². The van der Waals surface area contributed by atoms with E-state index in [2.05, 4.69) is 43.2 Å². The molecule has 0 aromatic carbocycles. The summed E-state index contributed by atoms with van der Waals surface area (Å²) in [7, 11) is 0. The molecule has 1 fully saturated rings. The summed E-state index contributed by atoms with van der Waals surface area (Å²) in [5.41, 5.74) is 0.192. The van der Waals surface area contributed by atoms with Crippen LogP contribution in [0.25, 0.3) is 0 Å². The van der Waals surface area contributed by atoms with Crippen LogP contribution in [0.3, 0.4) is 0 Å². The first-order valence-corrected chi connectivity index (χ1v) is 7.56. The Morgan fingerprint density at radius 3 is 2.58 bits per heavy atom. The molecule has 1 aliphatic rings. The van der Waals surface area contributed by atoms with Crippen LogP contribution < -0.4 is 5.32 Å². The molecule has 4 heteroatoms. The normalized spacial score (nSPS) is 18.9. The van der Waals surface area contributed by atoms with Gasteiger partial charge in [-0.2, -0.15) is 4.98 Å². The van der Waals surface area contributed by atoms with E-state index in [-0.39, 0.29) is 5.41 Å². The minimum absolute atomic E-state index is 0.192. The first kappa shape index (κ1) is 14.5. The number of nitrogens with zero attached hydrogens (tertiary/aromatic N) is 2. The number of hydrogen-bond donors (Lipinski definition) is 1. The van der Waals surface area contributed by atoms with Gasteiger partial charge in [0, 0.05) is 18.4 Å². The van der Waals surface area contributed by atoms with Gasteiger partial charge >= 0.3 is 0 Å². The van der Waals surface area contributed by atoms with Crippen molar-refractivity contribution in [1.29, 1.82) is 0 Å². The van der Waals surface area contributed by atoms with Crippen LogP contribution in [0.1, 0.15) is 71.0 Å². The molecule has 1 aromatic rings. The van der Waals surface area contributed by atoms with Crippen LogP contribution in [0, 0.1) is 5.41 Å². The second-order valence-electron chi connectivity index (χ2n) is 6.71. The van der Waals surface area contributed by atoms with E-state index in [9.17, 15) is 0 Å². The van der Waals surface area contributed by atoms with Crippen molar-refractivity contribution in [3.05, 3.63) is 11.7 Å². The van der Waals surface area contributed by atoms with Gasteiger partial charge in [0.2, 0.25) is 5.89 Å². The molecule has 1 aliphatic carbocycles. The van der Waals surface area contributed by atoms with Crippen LogP contribution in [0.4, 0.5) is 0 Å². The van der Waals surface area contributed by atoms with Crippen molar-refractivity contribution in [3.63, 3.8) is 0 Å². The number of hydrogen-bond acceptors (Lipinski definition) is 4. The Kier molecular flexibility index (Phi) is 4.61. The van der Waals surface area contributed by atoms with Crippen molar-refractivity contribution in [2.24, 2.45) is 5.41 Å². The van der Waals surface area contributed by atoms with Crippen LogP contribution in [-0.4, -0.2) is 22.7 Å². The average molecular weight is 265 g/mol. The van der Waals surface area contributed by atoms with Crippen molar-refractivity contribution >= 4 is 0 Å². The molecule has 1 atom stereocenters. The molecule has 108 valence electrons. The molecule has 1 aromatic heterocycles. The molecule has 1 N–H and O–H groups in total. The van der Waals surface area contributed by atoms with E-state index in [1.807, 2.05) is 0 Å². The van der Waals surface area contributed by atoms with Crippen molar-refractivity contribution in [3.8, 4) is 0 Å². The van der Waals surface area contributed by atoms with Crippen molar-refractivity contribution in [2.75, 3.05) is 6.54 Å². The van der Waals surface area contributed by atoms with Gasteiger partial charge in [-0.25, -0.2) is 0 Å². The summed E-state index contributed by atoms with van der Waals surface area (Å²) in [6.45, 7) is 9.83. The predicted octanol–water partition coefficient (Wildman–Crippen LogP) is 3.29. The number of nitrogens with one attached hydrogen (secondary N) is 1. The highest BCUT2D eigenvalue weighted by Gasteiger charge is 2.27. The third-order valence-corrected chi connectivity index (χ3v) is 4.08. The van der Waals surface area contributed by atoms with E-state index in [1.54, 1.807) is 0 Å². The Hall–Kier alpha value is -0.900. The maximum absolute atomic E-state index is 5.45. The predicted molar refractivity (Wildman–Crippen MR) is 76.1 cm³/mol. The fraction of sp³-hybridized carbons (Fsp3) is 0.867. The summed E-state index contributed by atoms with van der Waals surface area (Å²) in [5.74, 6) is 2.24. The molecule has 0 saturated heterocycles. The molecule has 1 saturated carbocycles. The van der Waals surface area contributed by atoms with E-state index in [0.29, 0.717) is 12.0 Å². The molecule has 0 spiro atoms. The third kappa shape index (κ3) is 3.78. The maximum atomic E-state index is 5.45. The Bertz CT molecular complexity index is 388. The molecular formula is C15H27N3O. The topological polar surface area (TPSA) is 51.0 Å². The lowest BCUT2D eigenvalue weighted by Crippen LogP contribution is -2.41. The fourth-order valence-electron chi connectivity index (χ4n) is 2.81. The molecule has 0 bridgehead atoms. The summed E-state index contributed by atoms with van der Waals surface area (Å²) >= 11 is 0. The minimum Gasteiger partial charge on any atom is -0.339 e. The maximum Gasteiger partial charge on any atom is 0.228 e. The van der Waals surface area contributed by atoms with E-state index < -0.39 is 0 Å². The van der Waals surface area contributed by atoms with Crippen LogP contribution in [-0.2, 0) is 6.42 Å². The van der Waals surface area contributed by atoms with Crippen molar-refractivity contribution in [1.82, 2.24) is 15.5 Å². The molecular weight excluding hydrogens is 238 g/mol. The van der Waals surface area contributed by atoms with Gasteiger partial charge in [0.05, 0.1) is 0 Å². The lowest BCUT2D eigenvalue weighted by molar-refractivity contribution is 0.247. The largest absolute Gasteiger partial charge is 0.339 e. The SMILES string of the molecule is CCNC(Cc1nc(C2CCCC2)no1)C(C)(C)C. The Labute approximate surface area is 116 Å². The monoisotopic (exact) mass is 265 g/mol. The number of aromatic nitrogens is 2. The zero-order valence-electron chi connectivity index (χ0n) is 12.7. The molecule has 0 amide bonds. The Balaban J connectivity index is 2.01. The first-order valence-electron chi connectivity index (χ1n) is 7.56. The lowest BCUT2D eigenvalue weighted by atomic mass is 9.84. The Morgan fingerprint density at radius 2 is 2.00 bits per heavy atom. The zero-order valence-corrected chi connectivity index (χ0v) is 12.7. The van der Waals surface area contributed by atoms with Gasteiger partial charge in [-0.15, -0.1) is 0 Å². The van der Waals surface area contributed by atoms with Crippen molar-refractivity contribution < 1.29 is 4.52 Å². The summed E-state index contributed by atoms with van der Waals surface area (Å²) in [4.78, 5) is 4.61. The number of rotatable bonds is 5. The van der Waals surface area contributed by atoms with Crippen LogP contribution in [0.2, 0.25) is 0 Å². The summed E-state index contributed by atoms with van der Waals surface area (Å²) in [6, 6.07) is 0.370. The van der Waals surface area contributed by atoms with E-state index >= 15 is 0 Å². The van der Waals surface area contributed by atoms with Gasteiger partial charge in [0.15, 0.2) is 5.82 Å². The van der Waals surface area contributed by atoms with E-state index in [1.165, 1.54) is 25.7 Å². The second kappa shape index (κ2) is 6.04. The minimum atomic E-state index is 0.192. The fourth-order valence-corrected chi connectivity index (χ4v) is 2.81. The summed E-state index contributed by atoms with van der Waals surface area (Å²) < 4.78 is 5.45. The second-order valence-corrected chi connectivity index (χ2v) is 6.71. The molecule has 1 heterocycles. The van der Waals surface area contributed by atoms with Gasteiger partial charge in [-0.05, 0) is 24.8 Å². The standard InChI is InChI=1S/C15H27N3O/c1-5-16-12(15(2,3)4)10-13-17-14(18-19-13)11-8-6-7-9-11/h11-12,16H,5-10H2,1-4H3. The highest BCUT2D eigenvalue weighted by atomic mass is 16.5. The highest BCUT2D eigenvalue weighted by Crippen LogP contribution is 2.32. The van der Waals surface area contributed by atoms with Crippen LogP contribution in [0.15, 0.2) is 4.52 Å². The third-order valence-electron chi connectivity index (χ3n) is 4.08. The average Bonchev–Trinajstić information content (AvgIpc) is 2.97. The highest BCUT2D eigenvalue weighted by molar-refractivity contribution is 4.99. The summed E-state index contributed by atoms with van der Waals surface area (Å²) in [5, 5.41) is 7.70. The van der Waals surface area contributed by atoms with E-state index in [0.717, 1.165) is 24.7 Å². The molecule has 0 aliphatic heterocycles. The van der Waals surface area contributed by atoms with Gasteiger partial charge < -0.3 is 9.84 Å². The molecule has 0 radical (unpaired) electrons. The molecule has 4 nitrogen and oxygen atoms in total. The zero-order chi connectivity index (χ0) is 13.9. The number of likely N-dealkylation sites (N-methyl/N-ethyl adjacent to an activating group) is 1. The van der Waals surface area contributed by atoms with Crippen LogP contribution >= 0.6 is 0 Å². The van der Waals surface area contributed by atoms with E-state index in [4.69, 9.17) is 4.52 Å².